The lowest BCUT2D eigenvalue weighted by Crippen LogP contribution is -2.64. The van der Waals surface area contributed by atoms with Gasteiger partial charge in [0.15, 0.2) is 0 Å². The molecular weight excluding hydrogens is 210 g/mol. The summed E-state index contributed by atoms with van der Waals surface area (Å²) in [5, 5.41) is 3.96. The largest absolute Gasteiger partial charge is 0.361 e. The molecule has 0 atom stereocenters. The number of rotatable bonds is 4. The maximum atomic E-state index is 6.16. The van der Waals surface area contributed by atoms with Gasteiger partial charge in [0.25, 0.3) is 0 Å². The molecule has 1 saturated carbocycles. The highest BCUT2D eigenvalue weighted by molar-refractivity contribution is 4.98. The molecule has 0 radical (unpaired) electrons. The van der Waals surface area contributed by atoms with E-state index in [1.54, 1.807) is 0 Å². The normalized spacial score (nSPS) is 27.2. The molecule has 1 aliphatic carbocycles. The van der Waals surface area contributed by atoms with Gasteiger partial charge in [0.1, 0.15) is 5.72 Å². The van der Waals surface area contributed by atoms with Gasteiger partial charge in [-0.15, -0.1) is 0 Å². The molecule has 0 amide bonds. The van der Waals surface area contributed by atoms with Gasteiger partial charge in [-0.25, -0.2) is 0 Å². The standard InChI is InChI=1S/C15H29NO/c1-3-8-15(9-4-2)16-14(12-13-17-15)10-6-5-7-11-14/h16H,3-13H2,1-2H3. The van der Waals surface area contributed by atoms with E-state index >= 15 is 0 Å². The molecule has 17 heavy (non-hydrogen) atoms. The second-order valence-corrected chi connectivity index (χ2v) is 6.06. The molecule has 0 bridgehead atoms. The summed E-state index contributed by atoms with van der Waals surface area (Å²) in [7, 11) is 0. The molecule has 0 aromatic rings. The van der Waals surface area contributed by atoms with Crippen LogP contribution in [0, 0.1) is 0 Å². The third-order valence-electron chi connectivity index (χ3n) is 4.57. The molecule has 0 aromatic carbocycles. The molecule has 0 aromatic heterocycles. The fourth-order valence-corrected chi connectivity index (χ4v) is 3.83. The maximum Gasteiger partial charge on any atom is 0.119 e. The average molecular weight is 239 g/mol. The molecule has 2 fully saturated rings. The highest BCUT2D eigenvalue weighted by Gasteiger charge is 2.44. The smallest absolute Gasteiger partial charge is 0.119 e. The summed E-state index contributed by atoms with van der Waals surface area (Å²) in [5.74, 6) is 0. The molecule has 2 nitrogen and oxygen atoms in total. The lowest BCUT2D eigenvalue weighted by molar-refractivity contribution is -0.148. The zero-order valence-electron chi connectivity index (χ0n) is 11.7. The summed E-state index contributed by atoms with van der Waals surface area (Å²) in [6.45, 7) is 5.50. The minimum Gasteiger partial charge on any atom is -0.361 e. The van der Waals surface area contributed by atoms with Crippen molar-refractivity contribution in [1.29, 1.82) is 0 Å². The fourth-order valence-electron chi connectivity index (χ4n) is 3.83. The summed E-state index contributed by atoms with van der Waals surface area (Å²) >= 11 is 0. The highest BCUT2D eigenvalue weighted by Crippen LogP contribution is 2.38. The van der Waals surface area contributed by atoms with Crippen molar-refractivity contribution in [1.82, 2.24) is 5.32 Å². The zero-order chi connectivity index (χ0) is 12.2. The van der Waals surface area contributed by atoms with E-state index in [0.29, 0.717) is 5.54 Å². The summed E-state index contributed by atoms with van der Waals surface area (Å²) < 4.78 is 6.16. The Morgan fingerprint density at radius 1 is 0.941 bits per heavy atom. The molecule has 1 spiro atoms. The number of ether oxygens (including phenoxy) is 1. The van der Waals surface area contributed by atoms with Crippen LogP contribution in [0.1, 0.15) is 78.1 Å². The van der Waals surface area contributed by atoms with Gasteiger partial charge in [0.05, 0.1) is 6.61 Å². The van der Waals surface area contributed by atoms with Gasteiger partial charge in [-0.05, 0) is 32.1 Å². The monoisotopic (exact) mass is 239 g/mol. The van der Waals surface area contributed by atoms with Crippen LogP contribution >= 0.6 is 0 Å². The Morgan fingerprint density at radius 3 is 2.18 bits per heavy atom. The maximum absolute atomic E-state index is 6.16. The van der Waals surface area contributed by atoms with Crippen LogP contribution in [0.3, 0.4) is 0 Å². The van der Waals surface area contributed by atoms with Crippen LogP contribution in [0.5, 0.6) is 0 Å². The molecule has 1 saturated heterocycles. The van der Waals surface area contributed by atoms with Crippen LogP contribution in [0.2, 0.25) is 0 Å². The second kappa shape index (κ2) is 5.71. The van der Waals surface area contributed by atoms with Gasteiger partial charge < -0.3 is 4.74 Å². The Morgan fingerprint density at radius 2 is 1.59 bits per heavy atom. The van der Waals surface area contributed by atoms with E-state index in [0.717, 1.165) is 6.61 Å². The Labute approximate surface area is 107 Å². The van der Waals surface area contributed by atoms with Crippen molar-refractivity contribution in [3.63, 3.8) is 0 Å². The molecule has 1 N–H and O–H groups in total. The van der Waals surface area contributed by atoms with Crippen LogP contribution in [0.15, 0.2) is 0 Å². The number of hydrogen-bond acceptors (Lipinski definition) is 2. The van der Waals surface area contributed by atoms with Gasteiger partial charge in [-0.3, -0.25) is 5.32 Å². The molecular formula is C15H29NO. The van der Waals surface area contributed by atoms with Gasteiger partial charge in [-0.2, -0.15) is 0 Å². The first-order valence-corrected chi connectivity index (χ1v) is 7.67. The fraction of sp³-hybridized carbons (Fsp3) is 1.00. The summed E-state index contributed by atoms with van der Waals surface area (Å²) in [6, 6.07) is 0. The first-order valence-electron chi connectivity index (χ1n) is 7.67. The topological polar surface area (TPSA) is 21.3 Å². The zero-order valence-corrected chi connectivity index (χ0v) is 11.7. The molecule has 2 aliphatic rings. The Kier molecular flexibility index (Phi) is 4.48. The average Bonchev–Trinajstić information content (AvgIpc) is 2.30. The van der Waals surface area contributed by atoms with E-state index in [9.17, 15) is 0 Å². The van der Waals surface area contributed by atoms with Crippen molar-refractivity contribution in [2.75, 3.05) is 6.61 Å². The van der Waals surface area contributed by atoms with E-state index in [1.807, 2.05) is 0 Å². The first kappa shape index (κ1) is 13.4. The van der Waals surface area contributed by atoms with Crippen molar-refractivity contribution in [3.8, 4) is 0 Å². The van der Waals surface area contributed by atoms with Crippen LogP contribution in [-0.2, 0) is 4.74 Å². The molecule has 100 valence electrons. The van der Waals surface area contributed by atoms with Gasteiger partial charge in [0.2, 0.25) is 0 Å². The van der Waals surface area contributed by atoms with Crippen molar-refractivity contribution in [2.24, 2.45) is 0 Å². The van der Waals surface area contributed by atoms with Crippen LogP contribution in [0.4, 0.5) is 0 Å². The predicted octanol–water partition coefficient (Wildman–Crippen LogP) is 4.00. The van der Waals surface area contributed by atoms with Crippen LogP contribution in [0.25, 0.3) is 0 Å². The molecule has 2 heteroatoms. The Balaban J connectivity index is 2.06. The van der Waals surface area contributed by atoms with Crippen molar-refractivity contribution >= 4 is 0 Å². The van der Waals surface area contributed by atoms with Crippen LogP contribution < -0.4 is 5.32 Å². The molecule has 2 rings (SSSR count). The quantitative estimate of drug-likeness (QED) is 0.800. The van der Waals surface area contributed by atoms with E-state index in [1.165, 1.54) is 64.2 Å². The SMILES string of the molecule is CCCC1(CCC)NC2(CCCCC2)CCO1. The van der Waals surface area contributed by atoms with Crippen molar-refractivity contribution < 1.29 is 4.74 Å². The van der Waals surface area contributed by atoms with Gasteiger partial charge in [0, 0.05) is 5.54 Å². The van der Waals surface area contributed by atoms with E-state index < -0.39 is 0 Å². The van der Waals surface area contributed by atoms with Crippen LogP contribution in [-0.4, -0.2) is 17.9 Å². The molecule has 0 unspecified atom stereocenters. The van der Waals surface area contributed by atoms with Gasteiger partial charge in [-0.1, -0.05) is 46.0 Å². The second-order valence-electron chi connectivity index (χ2n) is 6.06. The Hall–Kier alpha value is -0.0800. The minimum atomic E-state index is -0.000903. The highest BCUT2D eigenvalue weighted by atomic mass is 16.5. The summed E-state index contributed by atoms with van der Waals surface area (Å²) in [6.07, 6.45) is 13.0. The third-order valence-corrected chi connectivity index (χ3v) is 4.57. The lowest BCUT2D eigenvalue weighted by atomic mass is 9.77. The van der Waals surface area contributed by atoms with Gasteiger partial charge >= 0.3 is 0 Å². The van der Waals surface area contributed by atoms with E-state index in [2.05, 4.69) is 19.2 Å². The number of nitrogens with one attached hydrogen (secondary N) is 1. The molecule has 1 heterocycles. The van der Waals surface area contributed by atoms with E-state index in [4.69, 9.17) is 4.74 Å². The minimum absolute atomic E-state index is 0.000903. The Bertz CT molecular complexity index is 216. The van der Waals surface area contributed by atoms with Crippen molar-refractivity contribution in [2.45, 2.75) is 89.3 Å². The van der Waals surface area contributed by atoms with E-state index in [-0.39, 0.29) is 5.72 Å². The predicted molar refractivity (Wildman–Crippen MR) is 72.1 cm³/mol. The lowest BCUT2D eigenvalue weighted by Gasteiger charge is -2.51. The summed E-state index contributed by atoms with van der Waals surface area (Å²) in [5.41, 5.74) is 0.417. The third kappa shape index (κ3) is 3.03. The number of hydrogen-bond donors (Lipinski definition) is 1. The first-order chi connectivity index (χ1) is 8.24. The summed E-state index contributed by atoms with van der Waals surface area (Å²) in [4.78, 5) is 0. The molecule has 1 aliphatic heterocycles. The van der Waals surface area contributed by atoms with Crippen molar-refractivity contribution in [3.05, 3.63) is 0 Å².